The lowest BCUT2D eigenvalue weighted by molar-refractivity contribution is 0.0521. The van der Waals surface area contributed by atoms with Crippen molar-refractivity contribution in [2.24, 2.45) is 0 Å². The molecular formula is C9H9O5S. The minimum atomic E-state index is -4.65. The lowest BCUT2D eigenvalue weighted by Gasteiger charge is -2.04. The van der Waals surface area contributed by atoms with E-state index >= 15 is 0 Å². The summed E-state index contributed by atoms with van der Waals surface area (Å²) in [5, 5.41) is 0. The van der Waals surface area contributed by atoms with E-state index in [1.807, 2.05) is 0 Å². The molecule has 81 valence electrons. The first kappa shape index (κ1) is 11.7. The molecule has 0 N–H and O–H groups in total. The maximum absolute atomic E-state index is 11.3. The van der Waals surface area contributed by atoms with E-state index in [2.05, 4.69) is 4.74 Å². The molecule has 0 spiro atoms. The zero-order valence-corrected chi connectivity index (χ0v) is 8.78. The first-order valence-electron chi connectivity index (χ1n) is 4.19. The van der Waals surface area contributed by atoms with Gasteiger partial charge in [-0.05, 0) is 19.1 Å². The van der Waals surface area contributed by atoms with Crippen LogP contribution in [-0.2, 0) is 19.4 Å². The molecule has 0 saturated carbocycles. The Kier molecular flexibility index (Phi) is 3.43. The zero-order chi connectivity index (χ0) is 11.5. The monoisotopic (exact) mass is 229 g/mol. The van der Waals surface area contributed by atoms with Crippen molar-refractivity contribution in [2.75, 3.05) is 6.61 Å². The number of benzene rings is 1. The Balaban J connectivity index is 3.25. The molecule has 0 saturated heterocycles. The van der Waals surface area contributed by atoms with Crippen LogP contribution in [0, 0.1) is 0 Å². The second-order valence-electron chi connectivity index (χ2n) is 2.67. The van der Waals surface area contributed by atoms with E-state index in [0.29, 0.717) is 0 Å². The second kappa shape index (κ2) is 4.41. The Morgan fingerprint density at radius 2 is 1.93 bits per heavy atom. The fraction of sp³-hybridized carbons (Fsp3) is 0.222. The van der Waals surface area contributed by atoms with Gasteiger partial charge in [0.15, 0.2) is 0 Å². The molecule has 0 fully saturated rings. The third kappa shape index (κ3) is 2.77. The number of carbonyl (C=O) groups excluding carboxylic acids is 1. The lowest BCUT2D eigenvalue weighted by atomic mass is 10.2. The maximum Gasteiger partial charge on any atom is 0.339 e. The van der Waals surface area contributed by atoms with Crippen molar-refractivity contribution in [2.45, 2.75) is 11.8 Å². The molecule has 6 heteroatoms. The van der Waals surface area contributed by atoms with E-state index in [-0.39, 0.29) is 12.2 Å². The van der Waals surface area contributed by atoms with Crippen LogP contribution in [0.4, 0.5) is 0 Å². The number of ether oxygens (including phenoxy) is 1. The third-order valence-electron chi connectivity index (χ3n) is 1.65. The highest BCUT2D eigenvalue weighted by Crippen LogP contribution is 2.16. The van der Waals surface area contributed by atoms with Crippen molar-refractivity contribution in [1.82, 2.24) is 0 Å². The molecule has 0 bridgehead atoms. The summed E-state index contributed by atoms with van der Waals surface area (Å²) >= 11 is 0. The molecule has 0 unspecified atom stereocenters. The van der Waals surface area contributed by atoms with Crippen LogP contribution < -0.4 is 0 Å². The SMILES string of the molecule is CCOC(=O)c1ccccc1S([O])(=O)=O. The summed E-state index contributed by atoms with van der Waals surface area (Å²) in [4.78, 5) is 10.7. The summed E-state index contributed by atoms with van der Waals surface area (Å²) in [7, 11) is -4.65. The highest BCUT2D eigenvalue weighted by Gasteiger charge is 2.21. The van der Waals surface area contributed by atoms with E-state index in [1.54, 1.807) is 6.92 Å². The minimum Gasteiger partial charge on any atom is -0.462 e. The van der Waals surface area contributed by atoms with E-state index in [4.69, 9.17) is 0 Å². The van der Waals surface area contributed by atoms with Gasteiger partial charge in [0.2, 0.25) is 0 Å². The van der Waals surface area contributed by atoms with E-state index in [1.165, 1.54) is 18.2 Å². The van der Waals surface area contributed by atoms with E-state index in [9.17, 15) is 17.8 Å². The Hall–Kier alpha value is -1.40. The second-order valence-corrected chi connectivity index (χ2v) is 4.02. The predicted molar refractivity (Wildman–Crippen MR) is 50.3 cm³/mol. The van der Waals surface area contributed by atoms with Gasteiger partial charge in [-0.3, -0.25) is 0 Å². The highest BCUT2D eigenvalue weighted by molar-refractivity contribution is 7.85. The van der Waals surface area contributed by atoms with Crippen LogP contribution >= 0.6 is 0 Å². The van der Waals surface area contributed by atoms with Gasteiger partial charge in [-0.25, -0.2) is 4.79 Å². The minimum absolute atomic E-state index is 0.117. The van der Waals surface area contributed by atoms with Gasteiger partial charge < -0.3 is 4.74 Å². The summed E-state index contributed by atoms with van der Waals surface area (Å²) in [6, 6.07) is 5.14. The number of hydrogen-bond donors (Lipinski definition) is 0. The zero-order valence-electron chi connectivity index (χ0n) is 7.97. The van der Waals surface area contributed by atoms with Gasteiger partial charge in [-0.1, -0.05) is 16.7 Å². The van der Waals surface area contributed by atoms with Crippen molar-refractivity contribution in [1.29, 1.82) is 0 Å². The van der Waals surface area contributed by atoms with Gasteiger partial charge in [0, 0.05) is 0 Å². The summed E-state index contributed by atoms with van der Waals surface area (Å²) in [5.41, 5.74) is -0.227. The van der Waals surface area contributed by atoms with Gasteiger partial charge >= 0.3 is 16.1 Å². The molecule has 0 atom stereocenters. The Morgan fingerprint density at radius 3 is 2.47 bits per heavy atom. The van der Waals surface area contributed by atoms with E-state index < -0.39 is 21.0 Å². The molecule has 1 aromatic rings. The van der Waals surface area contributed by atoms with Crippen LogP contribution in [0.25, 0.3) is 0 Å². The molecule has 0 heterocycles. The third-order valence-corrected chi connectivity index (χ3v) is 2.55. The molecule has 0 aliphatic heterocycles. The van der Waals surface area contributed by atoms with Crippen LogP contribution in [0.3, 0.4) is 0 Å². The van der Waals surface area contributed by atoms with Crippen LogP contribution in [-0.4, -0.2) is 21.0 Å². The van der Waals surface area contributed by atoms with Crippen LogP contribution in [0.5, 0.6) is 0 Å². The first-order valence-corrected chi connectivity index (χ1v) is 5.59. The quantitative estimate of drug-likeness (QED) is 0.723. The largest absolute Gasteiger partial charge is 0.462 e. The molecule has 1 rings (SSSR count). The number of esters is 1. The smallest absolute Gasteiger partial charge is 0.339 e. The van der Waals surface area contributed by atoms with Crippen LogP contribution in [0.2, 0.25) is 0 Å². The number of carbonyl (C=O) groups is 1. The van der Waals surface area contributed by atoms with Crippen molar-refractivity contribution >= 4 is 16.1 Å². The Bertz CT molecular complexity index is 463. The van der Waals surface area contributed by atoms with Gasteiger partial charge in [0.1, 0.15) is 4.90 Å². The van der Waals surface area contributed by atoms with Crippen molar-refractivity contribution in [3.05, 3.63) is 29.8 Å². The summed E-state index contributed by atoms with van der Waals surface area (Å²) in [6.45, 7) is 1.71. The molecule has 1 radical (unpaired) electrons. The van der Waals surface area contributed by atoms with Gasteiger partial charge in [-0.2, -0.15) is 8.42 Å². The van der Waals surface area contributed by atoms with E-state index in [0.717, 1.165) is 6.07 Å². The fourth-order valence-electron chi connectivity index (χ4n) is 1.06. The van der Waals surface area contributed by atoms with Gasteiger partial charge in [0.25, 0.3) is 0 Å². The predicted octanol–water partition coefficient (Wildman–Crippen LogP) is 0.983. The Labute approximate surface area is 87.4 Å². The molecule has 0 aromatic heterocycles. The summed E-state index contributed by atoms with van der Waals surface area (Å²) in [6.07, 6.45) is 0. The molecule has 5 nitrogen and oxygen atoms in total. The van der Waals surface area contributed by atoms with Gasteiger partial charge in [0.05, 0.1) is 12.2 Å². The summed E-state index contributed by atoms with van der Waals surface area (Å²) in [5.74, 6) is -0.812. The standard InChI is InChI=1S/C9H9O5S/c1-2-14-9(10)7-5-3-4-6-8(7)15(11,12)13/h3-6H,2H2,1H3. The molecule has 0 aliphatic rings. The lowest BCUT2D eigenvalue weighted by Crippen LogP contribution is -2.10. The summed E-state index contributed by atoms with van der Waals surface area (Å²) < 4.78 is 37.0. The Morgan fingerprint density at radius 1 is 1.33 bits per heavy atom. The van der Waals surface area contributed by atoms with Crippen molar-refractivity contribution in [3.63, 3.8) is 0 Å². The maximum atomic E-state index is 11.3. The van der Waals surface area contributed by atoms with Crippen LogP contribution in [0.1, 0.15) is 17.3 Å². The van der Waals surface area contributed by atoms with Crippen molar-refractivity contribution in [3.8, 4) is 0 Å². The molecule has 0 aliphatic carbocycles. The van der Waals surface area contributed by atoms with Gasteiger partial charge in [-0.15, -0.1) is 0 Å². The topological polar surface area (TPSA) is 80.3 Å². The fourth-order valence-corrected chi connectivity index (χ4v) is 1.73. The first-order chi connectivity index (χ1) is 6.96. The highest BCUT2D eigenvalue weighted by atomic mass is 32.2. The molecule has 15 heavy (non-hydrogen) atoms. The van der Waals surface area contributed by atoms with Crippen molar-refractivity contribution < 1.29 is 22.5 Å². The number of rotatable bonds is 3. The molecule has 0 amide bonds. The van der Waals surface area contributed by atoms with Crippen LogP contribution in [0.15, 0.2) is 29.2 Å². The average molecular weight is 229 g/mol. The normalized spacial score (nSPS) is 11.1. The number of hydrogen-bond acceptors (Lipinski definition) is 4. The molecular weight excluding hydrogens is 220 g/mol. The average Bonchev–Trinajstić information content (AvgIpc) is 2.17. The molecule has 1 aromatic carbocycles.